The zero-order chi connectivity index (χ0) is 28.8. The molecule has 0 aliphatic carbocycles. The van der Waals surface area contributed by atoms with Gasteiger partial charge in [0.2, 0.25) is 0 Å². The van der Waals surface area contributed by atoms with Crippen molar-refractivity contribution >= 4 is 0 Å². The second-order valence-corrected chi connectivity index (χ2v) is 9.97. The summed E-state index contributed by atoms with van der Waals surface area (Å²) in [5, 5.41) is 3.48. The number of hydrogen-bond donors (Lipinski definition) is 2. The summed E-state index contributed by atoms with van der Waals surface area (Å²) >= 11 is 0. The summed E-state index contributed by atoms with van der Waals surface area (Å²) in [5.41, 5.74) is 8.01. The van der Waals surface area contributed by atoms with Crippen molar-refractivity contribution < 1.29 is 26.7 Å². The Morgan fingerprint density at radius 3 is 1.98 bits per heavy atom. The molecule has 0 fully saturated rings. The van der Waals surface area contributed by atoms with E-state index in [1.165, 1.54) is 24.3 Å². The van der Waals surface area contributed by atoms with E-state index in [0.717, 1.165) is 17.2 Å². The van der Waals surface area contributed by atoms with Crippen molar-refractivity contribution in [2.24, 2.45) is 5.73 Å². The average Bonchev–Trinajstić information content (AvgIpc) is 2.92. The highest BCUT2D eigenvalue weighted by atomic mass is 19.3. The summed E-state index contributed by atoms with van der Waals surface area (Å²) in [7, 11) is 0. The van der Waals surface area contributed by atoms with Gasteiger partial charge in [0.25, 0.3) is 0 Å². The van der Waals surface area contributed by atoms with Gasteiger partial charge in [0, 0.05) is 25.6 Å². The van der Waals surface area contributed by atoms with Crippen LogP contribution in [-0.4, -0.2) is 24.9 Å². The summed E-state index contributed by atoms with van der Waals surface area (Å²) in [6.07, 6.45) is -2.66. The highest BCUT2D eigenvalue weighted by molar-refractivity contribution is 5.45. The smallest absolute Gasteiger partial charge is 0.306 e. The molecule has 4 aromatic carbocycles. The first-order valence-electron chi connectivity index (χ1n) is 12.9. The van der Waals surface area contributed by atoms with Crippen LogP contribution >= 0.6 is 0 Å². The molecule has 0 saturated carbocycles. The maximum Gasteiger partial charge on any atom is 0.306 e. The first-order chi connectivity index (χ1) is 19.1. The summed E-state index contributed by atoms with van der Waals surface area (Å²) < 4.78 is 75.0. The molecule has 0 aromatic heterocycles. The molecule has 210 valence electrons. The van der Waals surface area contributed by atoms with E-state index in [9.17, 15) is 17.6 Å². The normalized spacial score (nSPS) is 15.3. The first-order valence-corrected chi connectivity index (χ1v) is 12.9. The van der Waals surface area contributed by atoms with E-state index in [1.54, 1.807) is 12.1 Å². The number of nitrogens with two attached hydrogens (primary N) is 1. The van der Waals surface area contributed by atoms with E-state index in [4.69, 9.17) is 10.5 Å². The number of hydrogen-bond acceptors (Lipinski definition) is 3. The number of nitrogens with one attached hydrogen (secondary N) is 1. The molecular weight excluding hydrogens is 523 g/mol. The zero-order valence-corrected chi connectivity index (χ0v) is 22.0. The van der Waals surface area contributed by atoms with Gasteiger partial charge in [0.05, 0.1) is 5.54 Å². The Kier molecular flexibility index (Phi) is 9.22. The standard InChI is InChI=1S/C32H31F5N2O/c1-31(37,30(35)36)40-29-18-25(17-27(34)19-29)32(20-23-10-6-3-7-11-23,24-12-14-26(33)15-13-24)39-21-28(38)16-22-8-4-2-5-9-22/h2-15,17-19,28,30,39H,16,20-21,38H2,1H3/t28-,31?,32-/m1/s1. The molecule has 0 amide bonds. The van der Waals surface area contributed by atoms with Gasteiger partial charge in [0.1, 0.15) is 17.4 Å². The summed E-state index contributed by atoms with van der Waals surface area (Å²) in [6.45, 7) is 0.837. The molecule has 8 heteroatoms. The Balaban J connectivity index is 1.81. The van der Waals surface area contributed by atoms with E-state index in [0.29, 0.717) is 18.9 Å². The third kappa shape index (κ3) is 7.25. The maximum atomic E-state index is 15.0. The lowest BCUT2D eigenvalue weighted by molar-refractivity contribution is -0.152. The van der Waals surface area contributed by atoms with Gasteiger partial charge < -0.3 is 15.8 Å². The maximum absolute atomic E-state index is 15.0. The lowest BCUT2D eigenvalue weighted by atomic mass is 9.77. The molecular formula is C32H31F5N2O. The van der Waals surface area contributed by atoms with E-state index in [1.807, 2.05) is 60.7 Å². The molecule has 0 saturated heterocycles. The van der Waals surface area contributed by atoms with Gasteiger partial charge >= 0.3 is 12.3 Å². The van der Waals surface area contributed by atoms with E-state index in [2.05, 4.69) is 5.32 Å². The number of ether oxygens (including phenoxy) is 1. The number of halogens is 5. The van der Waals surface area contributed by atoms with Gasteiger partial charge in [-0.05, 0) is 59.4 Å². The van der Waals surface area contributed by atoms with Crippen molar-refractivity contribution in [2.75, 3.05) is 6.54 Å². The average molecular weight is 555 g/mol. The highest BCUT2D eigenvalue weighted by Gasteiger charge is 2.39. The molecule has 0 bridgehead atoms. The minimum absolute atomic E-state index is 0.252. The van der Waals surface area contributed by atoms with Gasteiger partial charge in [-0.1, -0.05) is 72.8 Å². The van der Waals surface area contributed by atoms with Crippen LogP contribution in [0.5, 0.6) is 5.75 Å². The van der Waals surface area contributed by atoms with Crippen molar-refractivity contribution in [1.82, 2.24) is 5.32 Å². The Morgan fingerprint density at radius 1 is 0.775 bits per heavy atom. The molecule has 0 radical (unpaired) electrons. The quantitative estimate of drug-likeness (QED) is 0.187. The van der Waals surface area contributed by atoms with Crippen molar-refractivity contribution in [3.05, 3.63) is 137 Å². The molecule has 4 aromatic rings. The van der Waals surface area contributed by atoms with Crippen LogP contribution in [0.3, 0.4) is 0 Å². The Morgan fingerprint density at radius 2 is 1.38 bits per heavy atom. The van der Waals surface area contributed by atoms with Crippen LogP contribution < -0.4 is 15.8 Å². The van der Waals surface area contributed by atoms with Gasteiger partial charge in [-0.15, -0.1) is 0 Å². The fourth-order valence-electron chi connectivity index (χ4n) is 4.71. The van der Waals surface area contributed by atoms with E-state index >= 15 is 4.39 Å². The Bertz CT molecular complexity index is 1370. The SMILES string of the molecule is CC(F)(Oc1cc(F)cc([C@](Cc2ccccc2)(NC[C@H](N)Cc2ccccc2)c2ccc(F)cc2)c1)C(F)F. The Hall–Kier alpha value is -3.75. The minimum Gasteiger partial charge on any atom is -0.452 e. The van der Waals surface area contributed by atoms with Crippen LogP contribution in [0.1, 0.15) is 29.2 Å². The molecule has 0 aliphatic rings. The van der Waals surface area contributed by atoms with E-state index < -0.39 is 35.2 Å². The minimum atomic E-state index is -3.46. The number of rotatable bonds is 12. The molecule has 3 nitrogen and oxygen atoms in total. The lowest BCUT2D eigenvalue weighted by Gasteiger charge is -2.38. The fraction of sp³-hybridized carbons (Fsp3) is 0.250. The van der Waals surface area contributed by atoms with Crippen LogP contribution in [0.2, 0.25) is 0 Å². The highest BCUT2D eigenvalue weighted by Crippen LogP contribution is 2.37. The predicted molar refractivity (Wildman–Crippen MR) is 146 cm³/mol. The largest absolute Gasteiger partial charge is 0.452 e. The van der Waals surface area contributed by atoms with Gasteiger partial charge in [-0.3, -0.25) is 0 Å². The first kappa shape index (κ1) is 29.2. The Labute approximate surface area is 230 Å². The molecule has 1 unspecified atom stereocenters. The third-order valence-corrected chi connectivity index (χ3v) is 6.73. The lowest BCUT2D eigenvalue weighted by Crippen LogP contribution is -2.50. The van der Waals surface area contributed by atoms with Crippen molar-refractivity contribution in [3.63, 3.8) is 0 Å². The van der Waals surface area contributed by atoms with Crippen LogP contribution in [0.15, 0.2) is 103 Å². The van der Waals surface area contributed by atoms with Gasteiger partial charge in [0.15, 0.2) is 0 Å². The molecule has 40 heavy (non-hydrogen) atoms. The second-order valence-electron chi connectivity index (χ2n) is 9.97. The molecule has 0 aliphatic heterocycles. The summed E-state index contributed by atoms with van der Waals surface area (Å²) in [6, 6.07) is 27.7. The third-order valence-electron chi connectivity index (χ3n) is 6.73. The van der Waals surface area contributed by atoms with Crippen molar-refractivity contribution in [3.8, 4) is 5.75 Å². The summed E-state index contributed by atoms with van der Waals surface area (Å²) in [5.74, 6) is -5.02. The van der Waals surface area contributed by atoms with Crippen molar-refractivity contribution in [2.45, 2.75) is 43.6 Å². The van der Waals surface area contributed by atoms with E-state index in [-0.39, 0.29) is 24.6 Å². The van der Waals surface area contributed by atoms with Gasteiger partial charge in [-0.2, -0.15) is 4.39 Å². The molecule has 3 N–H and O–H groups in total. The number of alkyl halides is 3. The zero-order valence-electron chi connectivity index (χ0n) is 22.0. The molecule has 0 heterocycles. The van der Waals surface area contributed by atoms with Crippen LogP contribution in [-0.2, 0) is 18.4 Å². The van der Waals surface area contributed by atoms with Crippen LogP contribution in [0.25, 0.3) is 0 Å². The molecule has 0 spiro atoms. The topological polar surface area (TPSA) is 47.3 Å². The van der Waals surface area contributed by atoms with Gasteiger partial charge in [-0.25, -0.2) is 17.6 Å². The van der Waals surface area contributed by atoms with Crippen LogP contribution in [0, 0.1) is 11.6 Å². The molecule has 3 atom stereocenters. The number of benzene rings is 4. The summed E-state index contributed by atoms with van der Waals surface area (Å²) in [4.78, 5) is 0. The monoisotopic (exact) mass is 554 g/mol. The predicted octanol–water partition coefficient (Wildman–Crippen LogP) is 6.94. The second kappa shape index (κ2) is 12.6. The van der Waals surface area contributed by atoms with Crippen molar-refractivity contribution in [1.29, 1.82) is 0 Å². The molecule has 4 rings (SSSR count). The fourth-order valence-corrected chi connectivity index (χ4v) is 4.71. The van der Waals surface area contributed by atoms with Crippen LogP contribution in [0.4, 0.5) is 22.0 Å².